The number of rotatable bonds is 6. The number of amides is 1. The predicted molar refractivity (Wildman–Crippen MR) is 107 cm³/mol. The smallest absolute Gasteiger partial charge is 0.322 e. The van der Waals surface area contributed by atoms with E-state index in [0.717, 1.165) is 11.6 Å². The minimum atomic E-state index is -0.868. The highest BCUT2D eigenvalue weighted by Gasteiger charge is 2.29. The van der Waals surface area contributed by atoms with Crippen molar-refractivity contribution in [3.05, 3.63) is 79.6 Å². The van der Waals surface area contributed by atoms with E-state index in [4.69, 9.17) is 4.74 Å². The number of aromatic nitrogens is 2. The number of anilines is 1. The SMILES string of the molecule is Cc1cccc(Oc2cc(NC(=O)c3nn(C)c(C)c3[N+](=O)[O-])cc([N+](=O)[O-])c2)c1. The number of nitrogens with one attached hydrogen (secondary N) is 1. The van der Waals surface area contributed by atoms with E-state index in [1.54, 1.807) is 18.2 Å². The van der Waals surface area contributed by atoms with Crippen molar-refractivity contribution in [2.75, 3.05) is 5.32 Å². The fraction of sp³-hybridized carbons (Fsp3) is 0.158. The third kappa shape index (κ3) is 4.24. The molecule has 0 aliphatic heterocycles. The van der Waals surface area contributed by atoms with Gasteiger partial charge in [-0.25, -0.2) is 0 Å². The number of nitro groups is 2. The first-order chi connectivity index (χ1) is 14.2. The second kappa shape index (κ2) is 7.99. The van der Waals surface area contributed by atoms with Crippen molar-refractivity contribution >= 4 is 23.0 Å². The Hall–Kier alpha value is -4.28. The molecule has 0 aliphatic carbocycles. The summed E-state index contributed by atoms with van der Waals surface area (Å²) >= 11 is 0. The van der Waals surface area contributed by atoms with Gasteiger partial charge in [0.1, 0.15) is 17.2 Å². The van der Waals surface area contributed by atoms with Gasteiger partial charge >= 0.3 is 5.69 Å². The molecule has 0 radical (unpaired) electrons. The van der Waals surface area contributed by atoms with Crippen LogP contribution in [0.3, 0.4) is 0 Å². The van der Waals surface area contributed by atoms with Crippen LogP contribution in [-0.2, 0) is 7.05 Å². The zero-order valence-electron chi connectivity index (χ0n) is 16.3. The monoisotopic (exact) mass is 411 g/mol. The number of hydrogen-bond donors (Lipinski definition) is 1. The van der Waals surface area contributed by atoms with Crippen molar-refractivity contribution in [3.8, 4) is 11.5 Å². The number of non-ortho nitro benzene ring substituents is 1. The van der Waals surface area contributed by atoms with E-state index in [2.05, 4.69) is 10.4 Å². The molecule has 154 valence electrons. The van der Waals surface area contributed by atoms with Crippen LogP contribution >= 0.6 is 0 Å². The molecule has 0 saturated heterocycles. The Morgan fingerprint density at radius 1 is 1.07 bits per heavy atom. The maximum absolute atomic E-state index is 12.6. The van der Waals surface area contributed by atoms with Crippen molar-refractivity contribution in [1.82, 2.24) is 9.78 Å². The molecule has 0 atom stereocenters. The number of nitro benzene ring substituents is 1. The lowest BCUT2D eigenvalue weighted by Gasteiger charge is -2.09. The van der Waals surface area contributed by atoms with Crippen LogP contribution in [0.5, 0.6) is 11.5 Å². The number of hydrogen-bond acceptors (Lipinski definition) is 7. The van der Waals surface area contributed by atoms with Gasteiger partial charge in [0.2, 0.25) is 5.69 Å². The lowest BCUT2D eigenvalue weighted by atomic mass is 10.2. The molecule has 3 rings (SSSR count). The molecule has 0 fully saturated rings. The predicted octanol–water partition coefficient (Wildman–Crippen LogP) is 3.90. The lowest BCUT2D eigenvalue weighted by Crippen LogP contribution is -2.14. The molecule has 11 nitrogen and oxygen atoms in total. The quantitative estimate of drug-likeness (QED) is 0.479. The number of nitrogens with zero attached hydrogens (tertiary/aromatic N) is 4. The van der Waals surface area contributed by atoms with E-state index in [1.165, 1.54) is 30.8 Å². The maximum atomic E-state index is 12.6. The van der Waals surface area contributed by atoms with Gasteiger partial charge in [-0.2, -0.15) is 5.10 Å². The molecule has 1 amide bonds. The van der Waals surface area contributed by atoms with E-state index in [-0.39, 0.29) is 22.8 Å². The van der Waals surface area contributed by atoms with Crippen LogP contribution in [0.4, 0.5) is 17.1 Å². The Bertz CT molecular complexity index is 1170. The van der Waals surface area contributed by atoms with Crippen molar-refractivity contribution < 1.29 is 19.4 Å². The van der Waals surface area contributed by atoms with Gasteiger partial charge in [-0.05, 0) is 31.5 Å². The van der Waals surface area contributed by atoms with Crippen molar-refractivity contribution in [2.24, 2.45) is 7.05 Å². The fourth-order valence-electron chi connectivity index (χ4n) is 2.79. The van der Waals surface area contributed by atoms with Gasteiger partial charge in [0.15, 0.2) is 0 Å². The van der Waals surface area contributed by atoms with Crippen LogP contribution in [0.15, 0.2) is 42.5 Å². The maximum Gasteiger partial charge on any atom is 0.322 e. The van der Waals surface area contributed by atoms with E-state index >= 15 is 0 Å². The summed E-state index contributed by atoms with van der Waals surface area (Å²) in [5.74, 6) is -0.284. The minimum Gasteiger partial charge on any atom is -0.457 e. The van der Waals surface area contributed by atoms with Gasteiger partial charge in [0.25, 0.3) is 11.6 Å². The Balaban J connectivity index is 1.95. The van der Waals surface area contributed by atoms with Gasteiger partial charge in [0, 0.05) is 19.2 Å². The highest BCUT2D eigenvalue weighted by Crippen LogP contribution is 2.31. The van der Waals surface area contributed by atoms with Gasteiger partial charge in [-0.15, -0.1) is 0 Å². The van der Waals surface area contributed by atoms with E-state index in [0.29, 0.717) is 5.75 Å². The standard InChI is InChI=1S/C19H17N5O6/c1-11-5-4-6-15(7-11)30-16-9-13(8-14(10-16)23(26)27)20-19(25)17-18(24(28)29)12(2)22(3)21-17/h4-10H,1-3H3,(H,20,25). The Kier molecular flexibility index (Phi) is 5.45. The van der Waals surface area contributed by atoms with Crippen LogP contribution < -0.4 is 10.1 Å². The summed E-state index contributed by atoms with van der Waals surface area (Å²) in [5.41, 5.74) is 0.0258. The van der Waals surface area contributed by atoms with Crippen molar-refractivity contribution in [2.45, 2.75) is 13.8 Å². The minimum absolute atomic E-state index is 0.0365. The normalized spacial score (nSPS) is 10.5. The first-order valence-corrected chi connectivity index (χ1v) is 8.69. The molecular weight excluding hydrogens is 394 g/mol. The zero-order chi connectivity index (χ0) is 22.0. The molecule has 3 aromatic rings. The highest BCUT2D eigenvalue weighted by atomic mass is 16.6. The summed E-state index contributed by atoms with van der Waals surface area (Å²) in [6, 6.07) is 10.8. The molecular formula is C19H17N5O6. The molecule has 0 unspecified atom stereocenters. The van der Waals surface area contributed by atoms with Gasteiger partial charge < -0.3 is 10.1 Å². The van der Waals surface area contributed by atoms with Crippen LogP contribution in [0.1, 0.15) is 21.7 Å². The summed E-state index contributed by atoms with van der Waals surface area (Å²) in [6.07, 6.45) is 0. The third-order valence-corrected chi connectivity index (χ3v) is 4.29. The first-order valence-electron chi connectivity index (χ1n) is 8.69. The first kappa shape index (κ1) is 20.5. The van der Waals surface area contributed by atoms with Crippen LogP contribution in [0, 0.1) is 34.1 Å². The molecule has 1 N–H and O–H groups in total. The van der Waals surface area contributed by atoms with Crippen LogP contribution in [0.2, 0.25) is 0 Å². The second-order valence-corrected chi connectivity index (χ2v) is 6.51. The third-order valence-electron chi connectivity index (χ3n) is 4.29. The Morgan fingerprint density at radius 3 is 2.43 bits per heavy atom. The largest absolute Gasteiger partial charge is 0.457 e. The average molecular weight is 411 g/mol. The summed E-state index contributed by atoms with van der Waals surface area (Å²) in [4.78, 5) is 33.9. The lowest BCUT2D eigenvalue weighted by molar-refractivity contribution is -0.385. The van der Waals surface area contributed by atoms with Gasteiger partial charge in [-0.1, -0.05) is 12.1 Å². The number of carbonyl (C=O) groups excluding carboxylic acids is 1. The van der Waals surface area contributed by atoms with Crippen LogP contribution in [0.25, 0.3) is 0 Å². The number of benzene rings is 2. The second-order valence-electron chi connectivity index (χ2n) is 6.51. The van der Waals surface area contributed by atoms with Gasteiger partial charge in [-0.3, -0.25) is 29.7 Å². The molecule has 0 spiro atoms. The molecule has 2 aromatic carbocycles. The molecule has 1 aromatic heterocycles. The molecule has 0 saturated carbocycles. The zero-order valence-corrected chi connectivity index (χ0v) is 16.3. The highest BCUT2D eigenvalue weighted by molar-refractivity contribution is 6.06. The topological polar surface area (TPSA) is 142 Å². The Labute approximate surface area is 170 Å². The molecule has 1 heterocycles. The van der Waals surface area contributed by atoms with Crippen molar-refractivity contribution in [3.63, 3.8) is 0 Å². The number of ether oxygens (including phenoxy) is 1. The van der Waals surface area contributed by atoms with E-state index in [9.17, 15) is 25.0 Å². The molecule has 0 bridgehead atoms. The van der Waals surface area contributed by atoms with Gasteiger partial charge in [0.05, 0.1) is 21.6 Å². The summed E-state index contributed by atoms with van der Waals surface area (Å²) in [7, 11) is 1.47. The molecule has 11 heteroatoms. The Morgan fingerprint density at radius 2 is 1.80 bits per heavy atom. The summed E-state index contributed by atoms with van der Waals surface area (Å²) in [6.45, 7) is 3.33. The number of carbonyl (C=O) groups is 1. The molecule has 30 heavy (non-hydrogen) atoms. The summed E-state index contributed by atoms with van der Waals surface area (Å²) in [5, 5.41) is 28.9. The fourth-order valence-corrected chi connectivity index (χ4v) is 2.79. The van der Waals surface area contributed by atoms with E-state index in [1.807, 2.05) is 13.0 Å². The van der Waals surface area contributed by atoms with Crippen LogP contribution in [-0.4, -0.2) is 25.5 Å². The molecule has 0 aliphatic rings. The van der Waals surface area contributed by atoms with E-state index < -0.39 is 27.1 Å². The number of aryl methyl sites for hydroxylation is 2. The average Bonchev–Trinajstić information content (AvgIpc) is 2.96. The van der Waals surface area contributed by atoms with Crippen molar-refractivity contribution in [1.29, 1.82) is 0 Å². The summed E-state index contributed by atoms with van der Waals surface area (Å²) < 4.78 is 6.89.